The van der Waals surface area contributed by atoms with Crippen LogP contribution in [-0.2, 0) is 9.47 Å². The van der Waals surface area contributed by atoms with Gasteiger partial charge in [-0.05, 0) is 51.2 Å². The summed E-state index contributed by atoms with van der Waals surface area (Å²) in [6.07, 6.45) is 0.454. The first-order chi connectivity index (χ1) is 13.0. The van der Waals surface area contributed by atoms with Gasteiger partial charge in [-0.15, -0.1) is 5.92 Å². The largest absolute Gasteiger partial charge is 0.513 e. The summed E-state index contributed by atoms with van der Waals surface area (Å²) in [5, 5.41) is 10.9. The lowest BCUT2D eigenvalue weighted by Gasteiger charge is -2.31. The van der Waals surface area contributed by atoms with Crippen LogP contribution >= 0.6 is 0 Å². The van der Waals surface area contributed by atoms with Gasteiger partial charge in [-0.3, -0.25) is 0 Å². The molecule has 1 N–H and O–H groups in total. The molecule has 3 unspecified atom stereocenters. The molecular weight excluding hydrogens is 351 g/mol. The van der Waals surface area contributed by atoms with Gasteiger partial charge < -0.3 is 19.3 Å². The normalized spacial score (nSPS) is 23.5. The number of carbonyl (C=O) groups is 1. The maximum Gasteiger partial charge on any atom is 0.513 e. The van der Waals surface area contributed by atoms with E-state index in [4.69, 9.17) is 14.2 Å². The SMILES string of the molecule is CC#Cc1cc(F)c(C2=C(OC(=O)OCC)C3CCC(C3)C2O)c(OC)c1. The minimum Gasteiger partial charge on any atom is -0.496 e. The molecule has 1 aromatic carbocycles. The lowest BCUT2D eigenvalue weighted by Crippen LogP contribution is -2.28. The van der Waals surface area contributed by atoms with E-state index in [1.807, 2.05) is 0 Å². The van der Waals surface area contributed by atoms with Crippen molar-refractivity contribution in [1.29, 1.82) is 0 Å². The zero-order valence-electron chi connectivity index (χ0n) is 15.7. The maximum atomic E-state index is 15.0. The summed E-state index contributed by atoms with van der Waals surface area (Å²) in [6, 6.07) is 2.92. The Labute approximate surface area is 158 Å². The van der Waals surface area contributed by atoms with Crippen LogP contribution in [0.2, 0.25) is 0 Å². The number of aliphatic hydroxyl groups is 1. The fourth-order valence-corrected chi connectivity index (χ4v) is 4.01. The van der Waals surface area contributed by atoms with Crippen molar-refractivity contribution >= 4 is 11.7 Å². The smallest absolute Gasteiger partial charge is 0.496 e. The Morgan fingerprint density at radius 1 is 1.37 bits per heavy atom. The lowest BCUT2D eigenvalue weighted by atomic mass is 9.81. The Balaban J connectivity index is 2.17. The number of halogens is 1. The monoisotopic (exact) mass is 374 g/mol. The van der Waals surface area contributed by atoms with Crippen LogP contribution in [0.15, 0.2) is 17.9 Å². The van der Waals surface area contributed by atoms with Crippen LogP contribution < -0.4 is 4.74 Å². The van der Waals surface area contributed by atoms with Gasteiger partial charge in [0.15, 0.2) is 0 Å². The predicted molar refractivity (Wildman–Crippen MR) is 97.4 cm³/mol. The third-order valence-corrected chi connectivity index (χ3v) is 5.12. The first-order valence-electron chi connectivity index (χ1n) is 9.07. The molecule has 3 atom stereocenters. The topological polar surface area (TPSA) is 65.0 Å². The van der Waals surface area contributed by atoms with E-state index in [-0.39, 0.29) is 41.1 Å². The van der Waals surface area contributed by atoms with Gasteiger partial charge >= 0.3 is 6.16 Å². The number of allylic oxidation sites excluding steroid dienone is 1. The number of hydrogen-bond donors (Lipinski definition) is 1. The van der Waals surface area contributed by atoms with Crippen molar-refractivity contribution in [3.63, 3.8) is 0 Å². The molecule has 27 heavy (non-hydrogen) atoms. The fraction of sp³-hybridized carbons (Fsp3) is 0.476. The Morgan fingerprint density at radius 2 is 2.15 bits per heavy atom. The highest BCUT2D eigenvalue weighted by Crippen LogP contribution is 2.50. The van der Waals surface area contributed by atoms with Crippen LogP contribution in [0.25, 0.3) is 5.57 Å². The zero-order chi connectivity index (χ0) is 19.6. The summed E-state index contributed by atoms with van der Waals surface area (Å²) in [4.78, 5) is 11.9. The molecule has 0 amide bonds. The van der Waals surface area contributed by atoms with Crippen molar-refractivity contribution in [3.05, 3.63) is 34.8 Å². The van der Waals surface area contributed by atoms with Crippen molar-refractivity contribution in [1.82, 2.24) is 0 Å². The van der Waals surface area contributed by atoms with Crippen LogP contribution in [0.1, 0.15) is 44.2 Å². The molecule has 0 aliphatic heterocycles. The van der Waals surface area contributed by atoms with E-state index in [1.54, 1.807) is 19.9 Å². The molecule has 3 rings (SSSR count). The first kappa shape index (κ1) is 19.2. The van der Waals surface area contributed by atoms with Crippen molar-refractivity contribution in [3.8, 4) is 17.6 Å². The van der Waals surface area contributed by atoms with Gasteiger partial charge in [0.05, 0.1) is 25.4 Å². The number of methoxy groups -OCH3 is 1. The van der Waals surface area contributed by atoms with Crippen molar-refractivity contribution in [2.75, 3.05) is 13.7 Å². The molecule has 2 aliphatic carbocycles. The molecule has 1 fully saturated rings. The van der Waals surface area contributed by atoms with Crippen LogP contribution in [0.3, 0.4) is 0 Å². The van der Waals surface area contributed by atoms with E-state index in [0.717, 1.165) is 12.8 Å². The highest BCUT2D eigenvalue weighted by molar-refractivity contribution is 5.79. The molecule has 0 radical (unpaired) electrons. The van der Waals surface area contributed by atoms with Gasteiger partial charge in [-0.1, -0.05) is 5.92 Å². The maximum absolute atomic E-state index is 15.0. The standard InChI is InChI=1S/C21H23FO5/c1-4-6-12-9-15(22)17(16(10-12)25-3)18-19(23)13-7-8-14(11-13)20(18)27-21(24)26-5-2/h9-10,13-14,19,23H,5,7-8,11H2,1-3H3. The average Bonchev–Trinajstić information content (AvgIpc) is 3.08. The predicted octanol–water partition coefficient (Wildman–Crippen LogP) is 3.88. The van der Waals surface area contributed by atoms with E-state index in [0.29, 0.717) is 12.0 Å². The molecule has 1 saturated carbocycles. The third-order valence-electron chi connectivity index (χ3n) is 5.12. The quantitative estimate of drug-likeness (QED) is 0.640. The Bertz CT molecular complexity index is 833. The number of fused-ring (bicyclic) bond motifs is 2. The number of rotatable bonds is 4. The Hall–Kier alpha value is -2.52. The van der Waals surface area contributed by atoms with E-state index in [2.05, 4.69) is 11.8 Å². The molecule has 2 aliphatic rings. The summed E-state index contributed by atoms with van der Waals surface area (Å²) in [6.45, 7) is 3.50. The van der Waals surface area contributed by atoms with Crippen LogP contribution in [0, 0.1) is 29.5 Å². The summed E-state index contributed by atoms with van der Waals surface area (Å²) < 4.78 is 30.8. The molecule has 1 aromatic rings. The van der Waals surface area contributed by atoms with E-state index in [1.165, 1.54) is 13.2 Å². The van der Waals surface area contributed by atoms with Gasteiger partial charge in [-0.2, -0.15) is 0 Å². The number of hydrogen-bond acceptors (Lipinski definition) is 5. The average molecular weight is 374 g/mol. The zero-order valence-corrected chi connectivity index (χ0v) is 15.7. The third kappa shape index (κ3) is 3.65. The van der Waals surface area contributed by atoms with Gasteiger partial charge in [0, 0.05) is 17.1 Å². The highest BCUT2D eigenvalue weighted by Gasteiger charge is 2.44. The summed E-state index contributed by atoms with van der Waals surface area (Å²) >= 11 is 0. The van der Waals surface area contributed by atoms with Gasteiger partial charge in [0.2, 0.25) is 0 Å². The second kappa shape index (κ2) is 8.01. The molecule has 144 valence electrons. The van der Waals surface area contributed by atoms with Crippen LogP contribution in [0.5, 0.6) is 5.75 Å². The second-order valence-electron chi connectivity index (χ2n) is 6.69. The number of ether oxygens (including phenoxy) is 3. The molecular formula is C21H23FO5. The molecule has 0 saturated heterocycles. The van der Waals surface area contributed by atoms with Gasteiger partial charge in [0.25, 0.3) is 0 Å². The fourth-order valence-electron chi connectivity index (χ4n) is 4.01. The summed E-state index contributed by atoms with van der Waals surface area (Å²) in [5.41, 5.74) is 0.854. The van der Waals surface area contributed by atoms with E-state index >= 15 is 4.39 Å². The van der Waals surface area contributed by atoms with Gasteiger partial charge in [0.1, 0.15) is 17.3 Å². The minimum atomic E-state index is -0.945. The van der Waals surface area contributed by atoms with Crippen LogP contribution in [0.4, 0.5) is 9.18 Å². The Morgan fingerprint density at radius 3 is 2.81 bits per heavy atom. The number of benzene rings is 1. The van der Waals surface area contributed by atoms with E-state index < -0.39 is 18.1 Å². The number of carbonyl (C=O) groups excluding carboxylic acids is 1. The van der Waals surface area contributed by atoms with Crippen molar-refractivity contribution in [2.45, 2.75) is 39.2 Å². The van der Waals surface area contributed by atoms with Gasteiger partial charge in [-0.25, -0.2) is 9.18 Å². The Kier molecular flexibility index (Phi) is 5.71. The number of aliphatic hydroxyl groups excluding tert-OH is 1. The first-order valence-corrected chi connectivity index (χ1v) is 9.07. The molecule has 0 heterocycles. The molecule has 2 bridgehead atoms. The molecule has 5 nitrogen and oxygen atoms in total. The molecule has 0 spiro atoms. The second-order valence-corrected chi connectivity index (χ2v) is 6.69. The summed E-state index contributed by atoms with van der Waals surface area (Å²) in [5.74, 6) is 5.41. The molecule has 0 aromatic heterocycles. The van der Waals surface area contributed by atoms with E-state index in [9.17, 15) is 9.90 Å². The van der Waals surface area contributed by atoms with Crippen molar-refractivity contribution in [2.24, 2.45) is 11.8 Å². The summed E-state index contributed by atoms with van der Waals surface area (Å²) in [7, 11) is 1.43. The minimum absolute atomic E-state index is 0.00115. The molecule has 6 heteroatoms. The van der Waals surface area contributed by atoms with Crippen LogP contribution in [-0.4, -0.2) is 31.1 Å². The highest BCUT2D eigenvalue weighted by atomic mass is 19.1. The van der Waals surface area contributed by atoms with Crippen molar-refractivity contribution < 1.29 is 28.5 Å². The lowest BCUT2D eigenvalue weighted by molar-refractivity contribution is 0.0687.